The van der Waals surface area contributed by atoms with E-state index in [-0.39, 0.29) is 17.4 Å². The van der Waals surface area contributed by atoms with Crippen LogP contribution in [0.3, 0.4) is 0 Å². The second kappa shape index (κ2) is 6.01. The Labute approximate surface area is 126 Å². The Hall–Kier alpha value is -3.27. The van der Waals surface area contributed by atoms with E-state index in [0.29, 0.717) is 11.3 Å². The minimum atomic E-state index is -0.555. The number of carbonyl (C=O) groups excluding carboxylic acids is 1. The highest BCUT2D eigenvalue weighted by Gasteiger charge is 2.19. The summed E-state index contributed by atoms with van der Waals surface area (Å²) in [5, 5.41) is 19.9. The molecular weight excluding hydrogens is 284 g/mol. The van der Waals surface area contributed by atoms with Gasteiger partial charge in [0.25, 0.3) is 5.69 Å². The zero-order valence-electron chi connectivity index (χ0n) is 12.0. The zero-order chi connectivity index (χ0) is 16.3. The third-order valence-electron chi connectivity index (χ3n) is 2.93. The zero-order valence-corrected chi connectivity index (χ0v) is 12.0. The summed E-state index contributed by atoms with van der Waals surface area (Å²) in [6.07, 6.45) is 1.27. The molecule has 1 aromatic carbocycles. The van der Waals surface area contributed by atoms with Crippen LogP contribution in [0.1, 0.15) is 18.1 Å². The Morgan fingerprint density at radius 1 is 1.36 bits per heavy atom. The van der Waals surface area contributed by atoms with Crippen LogP contribution in [-0.2, 0) is 4.79 Å². The summed E-state index contributed by atoms with van der Waals surface area (Å²) in [5.74, 6) is -0.223. The van der Waals surface area contributed by atoms with E-state index < -0.39 is 4.92 Å². The number of carbonyl (C=O) groups is 1. The number of hydrogen-bond acceptors (Lipinski definition) is 5. The van der Waals surface area contributed by atoms with Gasteiger partial charge in [-0.25, -0.2) is 4.98 Å². The smallest absolute Gasteiger partial charge is 0.274 e. The van der Waals surface area contributed by atoms with Crippen molar-refractivity contribution in [2.24, 2.45) is 0 Å². The van der Waals surface area contributed by atoms with Crippen LogP contribution in [-0.4, -0.2) is 15.8 Å². The van der Waals surface area contributed by atoms with Gasteiger partial charge in [-0.1, -0.05) is 0 Å². The lowest BCUT2D eigenvalue weighted by Crippen LogP contribution is -2.24. The molecule has 0 saturated heterocycles. The summed E-state index contributed by atoms with van der Waals surface area (Å²) < 4.78 is 0. The predicted octanol–water partition coefficient (Wildman–Crippen LogP) is 2.85. The maximum absolute atomic E-state index is 12.0. The van der Waals surface area contributed by atoms with Gasteiger partial charge in [0.1, 0.15) is 5.82 Å². The van der Waals surface area contributed by atoms with E-state index in [4.69, 9.17) is 5.26 Å². The number of aryl methyl sites for hydroxylation is 1. The van der Waals surface area contributed by atoms with Gasteiger partial charge in [-0.2, -0.15) is 5.26 Å². The van der Waals surface area contributed by atoms with E-state index in [2.05, 4.69) is 4.98 Å². The number of nitriles is 1. The van der Waals surface area contributed by atoms with Crippen LogP contribution in [0.5, 0.6) is 0 Å². The van der Waals surface area contributed by atoms with Gasteiger partial charge < -0.3 is 0 Å². The fourth-order valence-electron chi connectivity index (χ4n) is 2.08. The predicted molar refractivity (Wildman–Crippen MR) is 79.6 cm³/mol. The average Bonchev–Trinajstić information content (AvgIpc) is 2.46. The Balaban J connectivity index is 2.59. The second-order valence-corrected chi connectivity index (χ2v) is 4.65. The lowest BCUT2D eigenvalue weighted by Gasteiger charge is -2.20. The summed E-state index contributed by atoms with van der Waals surface area (Å²) in [4.78, 5) is 27.5. The monoisotopic (exact) mass is 296 g/mol. The van der Waals surface area contributed by atoms with Crippen molar-refractivity contribution >= 4 is 23.1 Å². The lowest BCUT2D eigenvalue weighted by molar-refractivity contribution is -0.384. The molecule has 0 atom stereocenters. The number of pyridine rings is 1. The summed E-state index contributed by atoms with van der Waals surface area (Å²) >= 11 is 0. The first-order chi connectivity index (χ1) is 10.4. The molecule has 7 heteroatoms. The first kappa shape index (κ1) is 15.1. The van der Waals surface area contributed by atoms with Crippen LogP contribution < -0.4 is 4.90 Å². The number of anilines is 2. The SMILES string of the molecule is CC(=O)N(c1cc(C)cc(C#N)c1)c1cc([N+](=O)[O-])ccn1. The average molecular weight is 296 g/mol. The molecule has 0 fully saturated rings. The maximum atomic E-state index is 12.0. The molecule has 0 N–H and O–H groups in total. The highest BCUT2D eigenvalue weighted by molar-refractivity contribution is 5.98. The van der Waals surface area contributed by atoms with Crippen molar-refractivity contribution in [2.75, 3.05) is 4.90 Å². The Morgan fingerprint density at radius 3 is 2.68 bits per heavy atom. The fraction of sp³-hybridized carbons (Fsp3) is 0.133. The summed E-state index contributed by atoms with van der Waals surface area (Å²) in [6, 6.07) is 9.41. The molecular formula is C15H12N4O3. The van der Waals surface area contributed by atoms with Crippen LogP contribution >= 0.6 is 0 Å². The van der Waals surface area contributed by atoms with E-state index in [0.717, 1.165) is 5.56 Å². The number of nitrogens with zero attached hydrogens (tertiary/aromatic N) is 4. The summed E-state index contributed by atoms with van der Waals surface area (Å²) in [5.41, 5.74) is 1.47. The van der Waals surface area contributed by atoms with Crippen molar-refractivity contribution in [3.8, 4) is 6.07 Å². The summed E-state index contributed by atoms with van der Waals surface area (Å²) in [7, 11) is 0. The van der Waals surface area contributed by atoms with Crippen molar-refractivity contribution in [3.63, 3.8) is 0 Å². The fourth-order valence-corrected chi connectivity index (χ4v) is 2.08. The second-order valence-electron chi connectivity index (χ2n) is 4.65. The first-order valence-corrected chi connectivity index (χ1v) is 6.35. The molecule has 0 spiro atoms. The molecule has 110 valence electrons. The highest BCUT2D eigenvalue weighted by Crippen LogP contribution is 2.28. The van der Waals surface area contributed by atoms with E-state index in [1.807, 2.05) is 6.07 Å². The third-order valence-corrected chi connectivity index (χ3v) is 2.93. The molecule has 1 amide bonds. The highest BCUT2D eigenvalue weighted by atomic mass is 16.6. The standard InChI is InChI=1S/C15H12N4O3/c1-10-5-12(9-16)7-14(6-10)18(11(2)20)15-8-13(19(21)22)3-4-17-15/h3-8H,1-2H3. The Morgan fingerprint density at radius 2 is 2.09 bits per heavy atom. The molecule has 0 aliphatic heterocycles. The molecule has 1 heterocycles. The van der Waals surface area contributed by atoms with Crippen LogP contribution in [0.15, 0.2) is 36.5 Å². The van der Waals surface area contributed by atoms with Gasteiger partial charge in [-0.3, -0.25) is 19.8 Å². The van der Waals surface area contributed by atoms with Crippen molar-refractivity contribution in [2.45, 2.75) is 13.8 Å². The van der Waals surface area contributed by atoms with Crippen LogP contribution in [0.4, 0.5) is 17.2 Å². The van der Waals surface area contributed by atoms with Crippen molar-refractivity contribution in [1.29, 1.82) is 5.26 Å². The van der Waals surface area contributed by atoms with E-state index >= 15 is 0 Å². The number of amides is 1. The van der Waals surface area contributed by atoms with E-state index in [1.54, 1.807) is 19.1 Å². The van der Waals surface area contributed by atoms with Crippen molar-refractivity contribution < 1.29 is 9.72 Å². The van der Waals surface area contributed by atoms with Crippen molar-refractivity contribution in [3.05, 3.63) is 57.8 Å². The van der Waals surface area contributed by atoms with Crippen LogP contribution in [0.25, 0.3) is 0 Å². The Bertz CT molecular complexity index is 796. The van der Waals surface area contributed by atoms with Gasteiger partial charge in [-0.15, -0.1) is 0 Å². The molecule has 0 aliphatic carbocycles. The van der Waals surface area contributed by atoms with Gasteiger partial charge in [0.15, 0.2) is 0 Å². The molecule has 0 bridgehead atoms. The number of rotatable bonds is 3. The number of hydrogen-bond donors (Lipinski definition) is 0. The summed E-state index contributed by atoms with van der Waals surface area (Å²) in [6.45, 7) is 3.12. The van der Waals surface area contributed by atoms with Gasteiger partial charge >= 0.3 is 0 Å². The number of benzene rings is 1. The van der Waals surface area contributed by atoms with E-state index in [9.17, 15) is 14.9 Å². The Kier molecular flexibility index (Phi) is 4.13. The molecule has 7 nitrogen and oxygen atoms in total. The van der Waals surface area contributed by atoms with Gasteiger partial charge in [0.05, 0.1) is 28.3 Å². The molecule has 2 aromatic rings. The molecule has 22 heavy (non-hydrogen) atoms. The van der Waals surface area contributed by atoms with Gasteiger partial charge in [-0.05, 0) is 30.7 Å². The molecule has 0 aliphatic rings. The van der Waals surface area contributed by atoms with Gasteiger partial charge in [0.2, 0.25) is 5.91 Å². The van der Waals surface area contributed by atoms with Gasteiger partial charge in [0, 0.05) is 19.2 Å². The number of nitro groups is 1. The molecule has 0 unspecified atom stereocenters. The molecule has 2 rings (SSSR count). The van der Waals surface area contributed by atoms with Crippen LogP contribution in [0, 0.1) is 28.4 Å². The van der Waals surface area contributed by atoms with Crippen LogP contribution in [0.2, 0.25) is 0 Å². The first-order valence-electron chi connectivity index (χ1n) is 6.35. The lowest BCUT2D eigenvalue weighted by atomic mass is 10.1. The number of aromatic nitrogens is 1. The minimum absolute atomic E-state index is 0.135. The maximum Gasteiger partial charge on any atom is 0.274 e. The molecule has 0 saturated carbocycles. The largest absolute Gasteiger partial charge is 0.274 e. The minimum Gasteiger partial charge on any atom is -0.274 e. The quantitative estimate of drug-likeness (QED) is 0.640. The topological polar surface area (TPSA) is 100 Å². The molecule has 1 aromatic heterocycles. The normalized spacial score (nSPS) is 9.86. The van der Waals surface area contributed by atoms with E-state index in [1.165, 1.54) is 36.2 Å². The van der Waals surface area contributed by atoms with Crippen molar-refractivity contribution in [1.82, 2.24) is 4.98 Å². The molecule has 0 radical (unpaired) electrons. The third kappa shape index (κ3) is 3.07.